The normalized spacial score (nSPS) is 34.5. The van der Waals surface area contributed by atoms with Crippen molar-refractivity contribution < 1.29 is 9.47 Å². The fraction of sp³-hybridized carbons (Fsp3) is 1.00. The maximum atomic E-state index is 6.19. The molecule has 0 saturated carbocycles. The molecule has 24 heavy (non-hydrogen) atoms. The summed E-state index contributed by atoms with van der Waals surface area (Å²) in [6.07, 6.45) is 6.38. The number of hydrogen-bond acceptors (Lipinski definition) is 2. The van der Waals surface area contributed by atoms with Gasteiger partial charge in [0.15, 0.2) is 5.79 Å². The van der Waals surface area contributed by atoms with E-state index >= 15 is 0 Å². The summed E-state index contributed by atoms with van der Waals surface area (Å²) in [5, 5.41) is 1.64. The van der Waals surface area contributed by atoms with Gasteiger partial charge in [-0.3, -0.25) is 0 Å². The van der Waals surface area contributed by atoms with Crippen molar-refractivity contribution in [3.8, 4) is 0 Å². The molecule has 0 atom stereocenters. The van der Waals surface area contributed by atoms with Crippen molar-refractivity contribution in [2.24, 2.45) is 0 Å². The van der Waals surface area contributed by atoms with E-state index in [2.05, 4.69) is 55.4 Å². The minimum Gasteiger partial charge on any atom is -0.347 e. The van der Waals surface area contributed by atoms with Gasteiger partial charge >= 0.3 is 0 Å². The van der Waals surface area contributed by atoms with Gasteiger partial charge in [-0.15, -0.1) is 0 Å². The average Bonchev–Trinajstić information content (AvgIpc) is 2.77. The van der Waals surface area contributed by atoms with Crippen LogP contribution in [0.5, 0.6) is 0 Å². The van der Waals surface area contributed by atoms with E-state index in [0.29, 0.717) is 20.6 Å². The first-order valence-electron chi connectivity index (χ1n) is 9.70. The molecule has 0 N–H and O–H groups in total. The highest BCUT2D eigenvalue weighted by atomic mass is 32.1. The molecule has 0 amide bonds. The smallest absolute Gasteiger partial charge is 0.170 e. The van der Waals surface area contributed by atoms with Crippen LogP contribution in [0.3, 0.4) is 0 Å². The van der Waals surface area contributed by atoms with E-state index in [1.165, 1.54) is 19.3 Å². The maximum Gasteiger partial charge on any atom is 0.170 e. The quantitative estimate of drug-likeness (QED) is 0.477. The Hall–Kier alpha value is 0.780. The van der Waals surface area contributed by atoms with Gasteiger partial charge in [0, 0.05) is 12.8 Å². The van der Waals surface area contributed by atoms with Crippen LogP contribution in [0.2, 0.25) is 0 Å². The minimum atomic E-state index is -0.300. The summed E-state index contributed by atoms with van der Waals surface area (Å²) in [5.74, 6) is -0.300. The molecule has 0 aromatic heterocycles. The predicted octanol–water partition coefficient (Wildman–Crippen LogP) is 6.70. The Labute approximate surface area is 152 Å². The number of rotatable bonds is 1. The van der Waals surface area contributed by atoms with Crippen molar-refractivity contribution in [1.82, 2.24) is 0 Å². The standard InChI is InChI=1S/C20H38O2P2/c1-16(2)10-9-11-17(3,4)23(16)24-18(5,6)14-20(15-19(24,7)8)21-12-13-22-20/h9-15H2,1-8H3. The van der Waals surface area contributed by atoms with Crippen molar-refractivity contribution in [3.05, 3.63) is 0 Å². The first-order valence-corrected chi connectivity index (χ1v) is 13.1. The van der Waals surface area contributed by atoms with Crippen LogP contribution in [0.15, 0.2) is 0 Å². The minimum absolute atomic E-state index is 0.0297. The Morgan fingerprint density at radius 2 is 0.958 bits per heavy atom. The van der Waals surface area contributed by atoms with Crippen molar-refractivity contribution in [1.29, 1.82) is 0 Å². The molecule has 3 rings (SSSR count). The number of ether oxygens (including phenoxy) is 2. The van der Waals surface area contributed by atoms with Crippen molar-refractivity contribution in [2.45, 2.75) is 114 Å². The van der Waals surface area contributed by atoms with Gasteiger partial charge < -0.3 is 9.47 Å². The molecular weight excluding hydrogens is 334 g/mol. The molecule has 1 spiro atoms. The molecule has 3 heterocycles. The van der Waals surface area contributed by atoms with E-state index in [1.54, 1.807) is 0 Å². The van der Waals surface area contributed by atoms with Crippen LogP contribution in [0.25, 0.3) is 0 Å². The molecule has 3 fully saturated rings. The van der Waals surface area contributed by atoms with E-state index in [1.807, 2.05) is 0 Å². The highest BCUT2D eigenvalue weighted by Crippen LogP contribution is 2.93. The summed E-state index contributed by atoms with van der Waals surface area (Å²) in [4.78, 5) is 0. The van der Waals surface area contributed by atoms with Crippen molar-refractivity contribution >= 4 is 15.2 Å². The summed E-state index contributed by atoms with van der Waals surface area (Å²) in [7, 11) is -0.119. The van der Waals surface area contributed by atoms with E-state index in [4.69, 9.17) is 9.47 Å². The van der Waals surface area contributed by atoms with Crippen LogP contribution in [-0.4, -0.2) is 39.6 Å². The Morgan fingerprint density at radius 3 is 1.38 bits per heavy atom. The van der Waals surface area contributed by atoms with Gasteiger partial charge in [0.25, 0.3) is 0 Å². The molecule has 0 radical (unpaired) electrons. The Balaban J connectivity index is 2.02. The molecular formula is C20H38O2P2. The molecule has 0 unspecified atom stereocenters. The molecule has 140 valence electrons. The second kappa shape index (κ2) is 5.89. The molecule has 0 aromatic carbocycles. The maximum absolute atomic E-state index is 6.19. The predicted molar refractivity (Wildman–Crippen MR) is 108 cm³/mol. The van der Waals surface area contributed by atoms with Gasteiger partial charge in [-0.2, -0.15) is 0 Å². The zero-order chi connectivity index (χ0) is 18.0. The lowest BCUT2D eigenvalue weighted by molar-refractivity contribution is -0.178. The second-order valence-corrected chi connectivity index (χ2v) is 19.2. The molecule has 3 saturated heterocycles. The van der Waals surface area contributed by atoms with Gasteiger partial charge in [-0.05, 0) is 33.5 Å². The molecule has 2 nitrogen and oxygen atoms in total. The largest absolute Gasteiger partial charge is 0.347 e. The summed E-state index contributed by atoms with van der Waals surface area (Å²) < 4.78 is 12.4. The third-order valence-electron chi connectivity index (χ3n) is 6.29. The first-order chi connectivity index (χ1) is 10.8. The van der Waals surface area contributed by atoms with E-state index < -0.39 is 0 Å². The van der Waals surface area contributed by atoms with Gasteiger partial charge in [0.05, 0.1) is 13.2 Å². The molecule has 0 aliphatic carbocycles. The van der Waals surface area contributed by atoms with E-state index in [0.717, 1.165) is 26.1 Å². The van der Waals surface area contributed by atoms with Crippen LogP contribution in [-0.2, 0) is 9.47 Å². The summed E-state index contributed by atoms with van der Waals surface area (Å²) in [6, 6.07) is 0. The summed E-state index contributed by atoms with van der Waals surface area (Å²) in [6.45, 7) is 21.9. The van der Waals surface area contributed by atoms with Crippen molar-refractivity contribution in [3.63, 3.8) is 0 Å². The van der Waals surface area contributed by atoms with E-state index in [-0.39, 0.29) is 21.0 Å². The zero-order valence-electron chi connectivity index (χ0n) is 17.2. The highest BCUT2D eigenvalue weighted by Gasteiger charge is 2.62. The SMILES string of the molecule is CC1(C)CCCC(C)(C)P1P1C(C)(C)CC2(CC1(C)C)OCCO2. The molecule has 0 bridgehead atoms. The molecule has 3 aliphatic rings. The van der Waals surface area contributed by atoms with Crippen LogP contribution < -0.4 is 0 Å². The number of hydrogen-bond donors (Lipinski definition) is 0. The Kier molecular flexibility index (Phi) is 4.79. The lowest BCUT2D eigenvalue weighted by Gasteiger charge is -2.64. The van der Waals surface area contributed by atoms with Crippen LogP contribution >= 0.6 is 15.2 Å². The monoisotopic (exact) mass is 372 g/mol. The molecule has 3 aliphatic heterocycles. The van der Waals surface area contributed by atoms with E-state index in [9.17, 15) is 0 Å². The van der Waals surface area contributed by atoms with Crippen molar-refractivity contribution in [2.75, 3.05) is 13.2 Å². The van der Waals surface area contributed by atoms with Gasteiger partial charge in [-0.25, -0.2) is 0 Å². The van der Waals surface area contributed by atoms with Crippen LogP contribution in [0.4, 0.5) is 0 Å². The summed E-state index contributed by atoms with van der Waals surface area (Å²) >= 11 is 0. The third kappa shape index (κ3) is 3.24. The van der Waals surface area contributed by atoms with Crippen LogP contribution in [0, 0.1) is 0 Å². The molecule has 4 heteroatoms. The Morgan fingerprint density at radius 1 is 0.583 bits per heavy atom. The lowest BCUT2D eigenvalue weighted by Crippen LogP contribution is -2.52. The zero-order valence-corrected chi connectivity index (χ0v) is 18.9. The molecule has 0 aromatic rings. The van der Waals surface area contributed by atoms with Gasteiger partial charge in [-0.1, -0.05) is 77.0 Å². The second-order valence-electron chi connectivity index (χ2n) is 10.7. The lowest BCUT2D eigenvalue weighted by atomic mass is 9.92. The fourth-order valence-corrected chi connectivity index (χ4v) is 20.6. The summed E-state index contributed by atoms with van der Waals surface area (Å²) in [5.41, 5.74) is 0. The third-order valence-corrected chi connectivity index (χ3v) is 19.7. The Bertz CT molecular complexity index is 454. The fourth-order valence-electron chi connectivity index (χ4n) is 6.12. The van der Waals surface area contributed by atoms with Gasteiger partial charge in [0.1, 0.15) is 0 Å². The highest BCUT2D eigenvalue weighted by molar-refractivity contribution is 8.32. The van der Waals surface area contributed by atoms with Crippen LogP contribution in [0.1, 0.15) is 87.5 Å². The average molecular weight is 372 g/mol. The van der Waals surface area contributed by atoms with Gasteiger partial charge in [0.2, 0.25) is 0 Å². The topological polar surface area (TPSA) is 18.5 Å². The first kappa shape index (κ1) is 19.5.